The molecule has 0 aromatic carbocycles. The van der Waals surface area contributed by atoms with Crippen molar-refractivity contribution >= 4 is 23.7 Å². The van der Waals surface area contributed by atoms with Crippen molar-refractivity contribution in [2.45, 2.75) is 33.6 Å². The molecular formula is C12H18ClN3O. The number of carbonyl (C=O) groups excluding carboxylic acids is 1. The molecule has 1 rings (SSSR count). The number of aromatic nitrogens is 2. The van der Waals surface area contributed by atoms with Crippen LogP contribution >= 0.6 is 11.6 Å². The molecule has 4 nitrogen and oxygen atoms in total. The van der Waals surface area contributed by atoms with Crippen molar-refractivity contribution in [3.8, 4) is 0 Å². The van der Waals surface area contributed by atoms with Gasteiger partial charge in [-0.2, -0.15) is 0 Å². The normalized spacial score (nSPS) is 10.4. The van der Waals surface area contributed by atoms with Crippen molar-refractivity contribution in [3.63, 3.8) is 0 Å². The van der Waals surface area contributed by atoms with E-state index in [-0.39, 0.29) is 5.15 Å². The molecule has 0 unspecified atom stereocenters. The second-order valence-corrected chi connectivity index (χ2v) is 4.21. The largest absolute Gasteiger partial charge is 0.356 e. The van der Waals surface area contributed by atoms with Gasteiger partial charge in [0.15, 0.2) is 6.29 Å². The molecule has 0 bridgehead atoms. The van der Waals surface area contributed by atoms with Crippen molar-refractivity contribution in [2.24, 2.45) is 0 Å². The summed E-state index contributed by atoms with van der Waals surface area (Å²) >= 11 is 5.96. The highest BCUT2D eigenvalue weighted by atomic mass is 35.5. The second kappa shape index (κ2) is 6.55. The summed E-state index contributed by atoms with van der Waals surface area (Å²) in [5.74, 6) is 1.24. The SMILES string of the molecule is CCCCN(CC)c1nc(C)nc(Cl)c1C=O. The number of anilines is 1. The zero-order valence-corrected chi connectivity index (χ0v) is 11.3. The van der Waals surface area contributed by atoms with Crippen molar-refractivity contribution < 1.29 is 4.79 Å². The standard InChI is InChI=1S/C12H18ClN3O/c1-4-6-7-16(5-2)12-10(8-17)11(13)14-9(3)15-12/h8H,4-7H2,1-3H3. The summed E-state index contributed by atoms with van der Waals surface area (Å²) in [5.41, 5.74) is 0.384. The average molecular weight is 256 g/mol. The zero-order valence-electron chi connectivity index (χ0n) is 10.5. The Hall–Kier alpha value is -1.16. The van der Waals surface area contributed by atoms with Crippen LogP contribution in [0.3, 0.4) is 0 Å². The summed E-state index contributed by atoms with van der Waals surface area (Å²) < 4.78 is 0. The van der Waals surface area contributed by atoms with Gasteiger partial charge in [0, 0.05) is 13.1 Å². The first-order valence-electron chi connectivity index (χ1n) is 5.88. The molecule has 0 N–H and O–H groups in total. The van der Waals surface area contributed by atoms with Crippen molar-refractivity contribution in [1.82, 2.24) is 9.97 Å². The Morgan fingerprint density at radius 1 is 1.35 bits per heavy atom. The van der Waals surface area contributed by atoms with Gasteiger partial charge in [-0.3, -0.25) is 4.79 Å². The minimum atomic E-state index is 0.234. The summed E-state index contributed by atoms with van der Waals surface area (Å²) in [4.78, 5) is 21.5. The van der Waals surface area contributed by atoms with E-state index >= 15 is 0 Å². The smallest absolute Gasteiger partial charge is 0.156 e. The van der Waals surface area contributed by atoms with Gasteiger partial charge in [0.25, 0.3) is 0 Å². The molecule has 0 fully saturated rings. The maximum absolute atomic E-state index is 11.1. The van der Waals surface area contributed by atoms with Gasteiger partial charge in [0.05, 0.1) is 5.56 Å². The lowest BCUT2D eigenvalue weighted by atomic mass is 10.2. The minimum absolute atomic E-state index is 0.234. The van der Waals surface area contributed by atoms with E-state index in [1.807, 2.05) is 6.92 Å². The molecule has 0 amide bonds. The molecule has 5 heteroatoms. The van der Waals surface area contributed by atoms with Gasteiger partial charge < -0.3 is 4.90 Å². The third-order valence-electron chi connectivity index (χ3n) is 2.57. The van der Waals surface area contributed by atoms with Crippen LogP contribution in [0, 0.1) is 6.92 Å². The van der Waals surface area contributed by atoms with Gasteiger partial charge in [0.1, 0.15) is 16.8 Å². The van der Waals surface area contributed by atoms with E-state index in [2.05, 4.69) is 21.8 Å². The molecule has 0 spiro atoms. The lowest BCUT2D eigenvalue weighted by Crippen LogP contribution is -2.26. The first-order valence-corrected chi connectivity index (χ1v) is 6.26. The molecule has 94 valence electrons. The number of hydrogen-bond donors (Lipinski definition) is 0. The highest BCUT2D eigenvalue weighted by Gasteiger charge is 2.15. The average Bonchev–Trinajstić information content (AvgIpc) is 2.29. The maximum atomic E-state index is 11.1. The Morgan fingerprint density at radius 3 is 2.59 bits per heavy atom. The van der Waals surface area contributed by atoms with Crippen LogP contribution in [-0.2, 0) is 0 Å². The van der Waals surface area contributed by atoms with Crippen LogP contribution < -0.4 is 4.90 Å². The highest BCUT2D eigenvalue weighted by molar-refractivity contribution is 6.32. The lowest BCUT2D eigenvalue weighted by molar-refractivity contribution is 0.112. The molecule has 0 aliphatic heterocycles. The number of halogens is 1. The quantitative estimate of drug-likeness (QED) is 0.579. The van der Waals surface area contributed by atoms with Crippen molar-refractivity contribution in [3.05, 3.63) is 16.5 Å². The van der Waals surface area contributed by atoms with E-state index in [1.165, 1.54) is 0 Å². The van der Waals surface area contributed by atoms with E-state index < -0.39 is 0 Å². The maximum Gasteiger partial charge on any atom is 0.156 e. The van der Waals surface area contributed by atoms with Crippen molar-refractivity contribution in [2.75, 3.05) is 18.0 Å². The van der Waals surface area contributed by atoms with Gasteiger partial charge in [-0.05, 0) is 20.3 Å². The van der Waals surface area contributed by atoms with Gasteiger partial charge in [-0.1, -0.05) is 24.9 Å². The van der Waals surface area contributed by atoms with E-state index in [0.29, 0.717) is 17.2 Å². The summed E-state index contributed by atoms with van der Waals surface area (Å²) in [6.45, 7) is 7.62. The summed E-state index contributed by atoms with van der Waals surface area (Å²) in [6, 6.07) is 0. The fourth-order valence-electron chi connectivity index (χ4n) is 1.64. The van der Waals surface area contributed by atoms with Crippen LogP contribution in [0.5, 0.6) is 0 Å². The number of carbonyl (C=O) groups is 1. The summed E-state index contributed by atoms with van der Waals surface area (Å²) in [7, 11) is 0. The third kappa shape index (κ3) is 3.40. The molecule has 0 radical (unpaired) electrons. The van der Waals surface area contributed by atoms with Crippen LogP contribution in [0.1, 0.15) is 42.9 Å². The molecule has 0 aliphatic rings. The van der Waals surface area contributed by atoms with Crippen LogP contribution in [0.2, 0.25) is 5.15 Å². The summed E-state index contributed by atoms with van der Waals surface area (Å²) in [5, 5.41) is 0.234. The fraction of sp³-hybridized carbons (Fsp3) is 0.583. The zero-order chi connectivity index (χ0) is 12.8. The molecule has 1 heterocycles. The Balaban J connectivity index is 3.12. The number of nitrogens with zero attached hydrogens (tertiary/aromatic N) is 3. The predicted octanol–water partition coefficient (Wildman–Crippen LogP) is 2.88. The topological polar surface area (TPSA) is 46.1 Å². The fourth-order valence-corrected chi connectivity index (χ4v) is 1.89. The number of hydrogen-bond acceptors (Lipinski definition) is 4. The van der Waals surface area contributed by atoms with Gasteiger partial charge in [0.2, 0.25) is 0 Å². The Bertz CT molecular complexity index is 396. The Labute approximate surface area is 107 Å². The lowest BCUT2D eigenvalue weighted by Gasteiger charge is -2.23. The number of unbranched alkanes of at least 4 members (excludes halogenated alkanes) is 1. The summed E-state index contributed by atoms with van der Waals surface area (Å²) in [6.07, 6.45) is 2.89. The Kier molecular flexibility index (Phi) is 5.35. The Morgan fingerprint density at radius 2 is 2.06 bits per heavy atom. The third-order valence-corrected chi connectivity index (χ3v) is 2.86. The molecule has 0 aliphatic carbocycles. The minimum Gasteiger partial charge on any atom is -0.356 e. The first kappa shape index (κ1) is 13.9. The molecule has 0 saturated carbocycles. The van der Waals surface area contributed by atoms with Crippen LogP contribution in [0.25, 0.3) is 0 Å². The second-order valence-electron chi connectivity index (χ2n) is 3.85. The highest BCUT2D eigenvalue weighted by Crippen LogP contribution is 2.22. The number of rotatable bonds is 6. The number of aldehydes is 1. The van der Waals surface area contributed by atoms with E-state index in [9.17, 15) is 4.79 Å². The molecule has 1 aromatic heterocycles. The van der Waals surface area contributed by atoms with Crippen LogP contribution in [0.15, 0.2) is 0 Å². The van der Waals surface area contributed by atoms with Crippen LogP contribution in [0.4, 0.5) is 5.82 Å². The van der Waals surface area contributed by atoms with Gasteiger partial charge in [-0.15, -0.1) is 0 Å². The van der Waals surface area contributed by atoms with Gasteiger partial charge in [-0.25, -0.2) is 9.97 Å². The van der Waals surface area contributed by atoms with E-state index in [1.54, 1.807) is 6.92 Å². The van der Waals surface area contributed by atoms with E-state index in [0.717, 1.165) is 32.2 Å². The number of aryl methyl sites for hydroxylation is 1. The first-order chi connectivity index (χ1) is 8.13. The molecule has 17 heavy (non-hydrogen) atoms. The molecule has 0 saturated heterocycles. The molecule has 1 aromatic rings. The van der Waals surface area contributed by atoms with Crippen molar-refractivity contribution in [1.29, 1.82) is 0 Å². The molecular weight excluding hydrogens is 238 g/mol. The predicted molar refractivity (Wildman–Crippen MR) is 70.0 cm³/mol. The molecule has 0 atom stereocenters. The van der Waals surface area contributed by atoms with Crippen LogP contribution in [-0.4, -0.2) is 29.3 Å². The van der Waals surface area contributed by atoms with E-state index in [4.69, 9.17) is 11.6 Å². The van der Waals surface area contributed by atoms with Gasteiger partial charge >= 0.3 is 0 Å². The monoisotopic (exact) mass is 255 g/mol.